The van der Waals surface area contributed by atoms with Crippen molar-refractivity contribution in [2.24, 2.45) is 22.7 Å². The molecule has 27 heavy (non-hydrogen) atoms. The normalized spacial score (nSPS) is 36.9. The molecule has 0 saturated heterocycles. The zero-order valence-corrected chi connectivity index (χ0v) is 16.5. The number of nitrogens with one attached hydrogen (secondary N) is 1. The molecule has 1 N–H and O–H groups in total. The molecule has 1 aromatic rings. The lowest BCUT2D eigenvalue weighted by Crippen LogP contribution is -2.58. The first-order chi connectivity index (χ1) is 13.1. The number of amides is 1. The predicted molar refractivity (Wildman–Crippen MR) is 107 cm³/mol. The highest BCUT2D eigenvalue weighted by Crippen LogP contribution is 2.68. The van der Waals surface area contributed by atoms with Gasteiger partial charge in [-0.2, -0.15) is 0 Å². The molecule has 6 rings (SSSR count). The highest BCUT2D eigenvalue weighted by atomic mass is 35.5. The van der Waals surface area contributed by atoms with Crippen molar-refractivity contribution in [2.45, 2.75) is 57.9 Å². The Hall–Kier alpha value is -1.61. The molecule has 0 aliphatic heterocycles. The monoisotopic (exact) mass is 382 g/mol. The minimum atomic E-state index is -0.164. The predicted octanol–water partition coefficient (Wildman–Crippen LogP) is 5.13. The molecule has 0 aromatic carbocycles. The second-order valence-electron chi connectivity index (χ2n) is 9.37. The van der Waals surface area contributed by atoms with Crippen LogP contribution in [0.25, 0.3) is 0 Å². The Morgan fingerprint density at radius 2 is 1.85 bits per heavy atom. The van der Waals surface area contributed by atoms with Crippen LogP contribution < -0.4 is 5.32 Å². The van der Waals surface area contributed by atoms with Crippen molar-refractivity contribution in [1.82, 2.24) is 10.3 Å². The van der Waals surface area contributed by atoms with Gasteiger partial charge in [-0.05, 0) is 92.4 Å². The molecule has 4 heteroatoms. The summed E-state index contributed by atoms with van der Waals surface area (Å²) in [4.78, 5) is 17.4. The second-order valence-corrected chi connectivity index (χ2v) is 9.85. The van der Waals surface area contributed by atoms with Crippen molar-refractivity contribution in [1.29, 1.82) is 0 Å². The van der Waals surface area contributed by atoms with Gasteiger partial charge in [0, 0.05) is 24.0 Å². The smallest absolute Gasteiger partial charge is 0.226 e. The van der Waals surface area contributed by atoms with Crippen LogP contribution in [0.3, 0.4) is 0 Å². The zero-order chi connectivity index (χ0) is 18.5. The Bertz CT molecular complexity index is 799. The SMILES string of the molecule is O=C(NCc1ccncc1)C12CC3CC(C1)CC(C1=CC=C(Cl)CC1)(C3)C2. The van der Waals surface area contributed by atoms with Gasteiger partial charge in [-0.3, -0.25) is 9.78 Å². The van der Waals surface area contributed by atoms with E-state index in [1.807, 2.05) is 12.1 Å². The molecule has 4 saturated carbocycles. The summed E-state index contributed by atoms with van der Waals surface area (Å²) in [6.45, 7) is 0.604. The molecule has 4 bridgehead atoms. The Morgan fingerprint density at radius 3 is 2.52 bits per heavy atom. The van der Waals surface area contributed by atoms with Crippen LogP contribution in [0.5, 0.6) is 0 Å². The van der Waals surface area contributed by atoms with Crippen molar-refractivity contribution >= 4 is 17.5 Å². The average Bonchev–Trinajstić information content (AvgIpc) is 2.66. The highest BCUT2D eigenvalue weighted by Gasteiger charge is 2.61. The van der Waals surface area contributed by atoms with Crippen LogP contribution in [-0.4, -0.2) is 10.9 Å². The number of carbonyl (C=O) groups is 1. The maximum Gasteiger partial charge on any atom is 0.226 e. The van der Waals surface area contributed by atoms with Gasteiger partial charge in [-0.25, -0.2) is 0 Å². The first-order valence-corrected chi connectivity index (χ1v) is 10.7. The Morgan fingerprint density at radius 1 is 1.11 bits per heavy atom. The van der Waals surface area contributed by atoms with Crippen LogP contribution in [0.1, 0.15) is 56.9 Å². The zero-order valence-electron chi connectivity index (χ0n) is 15.7. The lowest BCUT2D eigenvalue weighted by atomic mass is 9.42. The van der Waals surface area contributed by atoms with E-state index in [4.69, 9.17) is 11.6 Å². The van der Waals surface area contributed by atoms with E-state index in [1.165, 1.54) is 19.3 Å². The van der Waals surface area contributed by atoms with Crippen LogP contribution in [0.4, 0.5) is 0 Å². The van der Waals surface area contributed by atoms with Crippen LogP contribution >= 0.6 is 11.6 Å². The molecule has 5 aliphatic carbocycles. The standard InChI is InChI=1S/C23H27ClN2O/c24-20-3-1-19(2-4-20)22-10-17-9-18(11-22)13-23(12-17,15-22)21(27)26-14-16-5-7-25-8-6-16/h1,3,5-8,17-18H,2,4,9-15H2,(H,26,27). The van der Waals surface area contributed by atoms with E-state index in [-0.39, 0.29) is 16.7 Å². The summed E-state index contributed by atoms with van der Waals surface area (Å²) >= 11 is 6.21. The number of hydrogen-bond acceptors (Lipinski definition) is 2. The molecular formula is C23H27ClN2O. The molecule has 0 radical (unpaired) electrons. The van der Waals surface area contributed by atoms with Crippen LogP contribution in [-0.2, 0) is 11.3 Å². The third-order valence-electron chi connectivity index (χ3n) is 7.52. The first-order valence-electron chi connectivity index (χ1n) is 10.3. The van der Waals surface area contributed by atoms with E-state index in [0.29, 0.717) is 18.4 Å². The van der Waals surface area contributed by atoms with Gasteiger partial charge in [0.1, 0.15) is 0 Å². The number of allylic oxidation sites excluding steroid dienone is 4. The third-order valence-corrected chi connectivity index (χ3v) is 7.84. The van der Waals surface area contributed by atoms with E-state index in [0.717, 1.165) is 42.7 Å². The summed E-state index contributed by atoms with van der Waals surface area (Å²) in [6, 6.07) is 3.95. The number of carbonyl (C=O) groups excluding carboxylic acids is 1. The quantitative estimate of drug-likeness (QED) is 0.784. The Labute approximate surface area is 166 Å². The molecule has 2 atom stereocenters. The number of nitrogens with zero attached hydrogens (tertiary/aromatic N) is 1. The van der Waals surface area contributed by atoms with Crippen LogP contribution in [0, 0.1) is 22.7 Å². The van der Waals surface area contributed by atoms with Gasteiger partial charge in [0.25, 0.3) is 0 Å². The third kappa shape index (κ3) is 3.04. The maximum atomic E-state index is 13.4. The van der Waals surface area contributed by atoms with Gasteiger partial charge in [0.2, 0.25) is 5.91 Å². The van der Waals surface area contributed by atoms with E-state index in [9.17, 15) is 4.79 Å². The summed E-state index contributed by atoms with van der Waals surface area (Å²) in [6.07, 6.45) is 17.1. The van der Waals surface area contributed by atoms with E-state index < -0.39 is 0 Å². The van der Waals surface area contributed by atoms with Gasteiger partial charge < -0.3 is 5.32 Å². The highest BCUT2D eigenvalue weighted by molar-refractivity contribution is 6.29. The van der Waals surface area contributed by atoms with E-state index in [2.05, 4.69) is 22.5 Å². The fourth-order valence-corrected chi connectivity index (χ4v) is 6.99. The largest absolute Gasteiger partial charge is 0.352 e. The van der Waals surface area contributed by atoms with Gasteiger partial charge in [-0.15, -0.1) is 0 Å². The molecule has 1 heterocycles. The fourth-order valence-electron chi connectivity index (χ4n) is 6.83. The average molecular weight is 383 g/mol. The minimum absolute atomic E-state index is 0.164. The minimum Gasteiger partial charge on any atom is -0.352 e. The van der Waals surface area contributed by atoms with E-state index >= 15 is 0 Å². The van der Waals surface area contributed by atoms with Gasteiger partial charge >= 0.3 is 0 Å². The van der Waals surface area contributed by atoms with Crippen molar-refractivity contribution in [3.8, 4) is 0 Å². The summed E-state index contributed by atoms with van der Waals surface area (Å²) < 4.78 is 0. The first kappa shape index (κ1) is 17.5. The lowest BCUT2D eigenvalue weighted by molar-refractivity contribution is -0.153. The molecule has 1 amide bonds. The van der Waals surface area contributed by atoms with Crippen molar-refractivity contribution in [3.63, 3.8) is 0 Å². The number of pyridine rings is 1. The summed E-state index contributed by atoms with van der Waals surface area (Å²) in [7, 11) is 0. The molecule has 0 spiro atoms. The van der Waals surface area contributed by atoms with Crippen LogP contribution in [0.2, 0.25) is 0 Å². The second kappa shape index (κ2) is 6.48. The van der Waals surface area contributed by atoms with Crippen LogP contribution in [0.15, 0.2) is 47.3 Å². The number of halogens is 1. The molecule has 4 fully saturated rings. The molecule has 1 aromatic heterocycles. The Balaban J connectivity index is 1.39. The molecule has 142 valence electrons. The molecule has 2 unspecified atom stereocenters. The summed E-state index contributed by atoms with van der Waals surface area (Å²) in [5.41, 5.74) is 2.76. The lowest BCUT2D eigenvalue weighted by Gasteiger charge is -2.62. The van der Waals surface area contributed by atoms with E-state index in [1.54, 1.807) is 18.0 Å². The fraction of sp³-hybridized carbons (Fsp3) is 0.565. The molecule has 5 aliphatic rings. The molecule has 3 nitrogen and oxygen atoms in total. The van der Waals surface area contributed by atoms with Gasteiger partial charge in [-0.1, -0.05) is 23.3 Å². The number of hydrogen-bond donors (Lipinski definition) is 1. The summed E-state index contributed by atoms with van der Waals surface area (Å²) in [5, 5.41) is 4.23. The number of aromatic nitrogens is 1. The van der Waals surface area contributed by atoms with Crippen molar-refractivity contribution in [3.05, 3.63) is 52.8 Å². The summed E-state index contributed by atoms with van der Waals surface area (Å²) in [5.74, 6) is 1.70. The number of rotatable bonds is 4. The topological polar surface area (TPSA) is 42.0 Å². The Kier molecular flexibility index (Phi) is 4.19. The van der Waals surface area contributed by atoms with Crippen molar-refractivity contribution in [2.75, 3.05) is 0 Å². The molecular weight excluding hydrogens is 356 g/mol. The van der Waals surface area contributed by atoms with Crippen molar-refractivity contribution < 1.29 is 4.79 Å². The maximum absolute atomic E-state index is 13.4. The van der Waals surface area contributed by atoms with Gasteiger partial charge in [0.05, 0.1) is 5.41 Å². The van der Waals surface area contributed by atoms with Gasteiger partial charge in [0.15, 0.2) is 0 Å².